The van der Waals surface area contributed by atoms with Crippen LogP contribution in [-0.4, -0.2) is 5.11 Å². The molecule has 1 aliphatic rings. The summed E-state index contributed by atoms with van der Waals surface area (Å²) in [6, 6.07) is 14.5. The summed E-state index contributed by atoms with van der Waals surface area (Å²) >= 11 is 0. The molecule has 0 bridgehead atoms. The molecule has 98 valence electrons. The Morgan fingerprint density at radius 2 is 1.63 bits per heavy atom. The van der Waals surface area contributed by atoms with Gasteiger partial charge in [0.05, 0.1) is 6.10 Å². The van der Waals surface area contributed by atoms with Crippen LogP contribution in [0.15, 0.2) is 48.5 Å². The van der Waals surface area contributed by atoms with Crippen molar-refractivity contribution in [3.8, 4) is 0 Å². The summed E-state index contributed by atoms with van der Waals surface area (Å²) < 4.78 is 12.8. The Labute approximate surface area is 112 Å². The average molecular weight is 256 g/mol. The third kappa shape index (κ3) is 3.02. The van der Waals surface area contributed by atoms with E-state index in [9.17, 15) is 9.50 Å². The van der Waals surface area contributed by atoms with Crippen LogP contribution in [0.4, 0.5) is 4.39 Å². The number of aliphatic hydroxyl groups excluding tert-OH is 1. The number of rotatable bonds is 4. The highest BCUT2D eigenvalue weighted by Crippen LogP contribution is 2.40. The lowest BCUT2D eigenvalue weighted by atomic mass is 9.99. The molecule has 1 fully saturated rings. The first-order valence-corrected chi connectivity index (χ1v) is 6.75. The van der Waals surface area contributed by atoms with Gasteiger partial charge in [0.15, 0.2) is 0 Å². The quantitative estimate of drug-likeness (QED) is 0.877. The number of halogens is 1. The summed E-state index contributed by atoms with van der Waals surface area (Å²) in [7, 11) is 0. The Morgan fingerprint density at radius 3 is 2.21 bits per heavy atom. The molecule has 2 heteroatoms. The Bertz CT molecular complexity index is 540. The van der Waals surface area contributed by atoms with Gasteiger partial charge in [-0.3, -0.25) is 0 Å². The molecular formula is C17H17FO. The fraction of sp³-hybridized carbons (Fsp3) is 0.294. The molecule has 2 aromatic carbocycles. The van der Waals surface area contributed by atoms with Crippen molar-refractivity contribution >= 4 is 0 Å². The third-order valence-corrected chi connectivity index (χ3v) is 3.71. The van der Waals surface area contributed by atoms with Crippen molar-refractivity contribution in [2.24, 2.45) is 0 Å². The van der Waals surface area contributed by atoms with Crippen LogP contribution in [0.2, 0.25) is 0 Å². The second-order valence-electron chi connectivity index (χ2n) is 5.29. The molecule has 0 radical (unpaired) electrons. The first-order valence-electron chi connectivity index (χ1n) is 6.75. The summed E-state index contributed by atoms with van der Waals surface area (Å²) in [6.45, 7) is 0. The topological polar surface area (TPSA) is 20.2 Å². The van der Waals surface area contributed by atoms with Crippen LogP contribution < -0.4 is 0 Å². The summed E-state index contributed by atoms with van der Waals surface area (Å²) in [4.78, 5) is 0. The van der Waals surface area contributed by atoms with Gasteiger partial charge in [-0.05, 0) is 47.6 Å². The van der Waals surface area contributed by atoms with E-state index in [0.29, 0.717) is 6.42 Å². The molecule has 0 aliphatic heterocycles. The molecule has 0 saturated heterocycles. The molecule has 1 nitrogen and oxygen atoms in total. The maximum atomic E-state index is 12.8. The SMILES string of the molecule is OC(Cc1ccc(F)cc1)c1ccc(C2CC2)cc1. The predicted octanol–water partition coefficient (Wildman–Crippen LogP) is 3.98. The van der Waals surface area contributed by atoms with Gasteiger partial charge in [0.2, 0.25) is 0 Å². The standard InChI is InChI=1S/C17H17FO/c18-16-9-1-12(2-10-16)11-17(19)15-7-5-14(6-8-15)13-3-4-13/h1-2,5-10,13,17,19H,3-4,11H2. The van der Waals surface area contributed by atoms with E-state index >= 15 is 0 Å². The van der Waals surface area contributed by atoms with Crippen LogP contribution in [0, 0.1) is 5.82 Å². The van der Waals surface area contributed by atoms with Crippen molar-refractivity contribution in [1.82, 2.24) is 0 Å². The molecule has 19 heavy (non-hydrogen) atoms. The summed E-state index contributed by atoms with van der Waals surface area (Å²) in [5, 5.41) is 10.2. The lowest BCUT2D eigenvalue weighted by molar-refractivity contribution is 0.178. The second kappa shape index (κ2) is 5.14. The minimum Gasteiger partial charge on any atom is -0.388 e. The molecule has 3 rings (SSSR count). The molecule has 1 N–H and O–H groups in total. The highest BCUT2D eigenvalue weighted by Gasteiger charge is 2.23. The Kier molecular flexibility index (Phi) is 3.34. The Morgan fingerprint density at radius 1 is 1.00 bits per heavy atom. The third-order valence-electron chi connectivity index (χ3n) is 3.71. The molecule has 0 amide bonds. The maximum absolute atomic E-state index is 12.8. The van der Waals surface area contributed by atoms with Crippen LogP contribution in [0.3, 0.4) is 0 Å². The highest BCUT2D eigenvalue weighted by molar-refractivity contribution is 5.30. The number of hydrogen-bond donors (Lipinski definition) is 1. The largest absolute Gasteiger partial charge is 0.388 e. The van der Waals surface area contributed by atoms with E-state index in [1.807, 2.05) is 12.1 Å². The van der Waals surface area contributed by atoms with E-state index in [1.165, 1.54) is 30.5 Å². The van der Waals surface area contributed by atoms with Gasteiger partial charge in [0.1, 0.15) is 5.82 Å². The number of aliphatic hydroxyl groups is 1. The van der Waals surface area contributed by atoms with Crippen LogP contribution >= 0.6 is 0 Å². The van der Waals surface area contributed by atoms with E-state index in [4.69, 9.17) is 0 Å². The Balaban J connectivity index is 1.68. The number of hydrogen-bond acceptors (Lipinski definition) is 1. The van der Waals surface area contributed by atoms with E-state index in [1.54, 1.807) is 12.1 Å². The first-order chi connectivity index (χ1) is 9.22. The normalized spacial score (nSPS) is 16.3. The molecule has 1 atom stereocenters. The van der Waals surface area contributed by atoms with Gasteiger partial charge in [0, 0.05) is 6.42 Å². The van der Waals surface area contributed by atoms with Crippen molar-refractivity contribution in [2.45, 2.75) is 31.3 Å². The molecular weight excluding hydrogens is 239 g/mol. The van der Waals surface area contributed by atoms with E-state index in [0.717, 1.165) is 17.0 Å². The molecule has 0 spiro atoms. The van der Waals surface area contributed by atoms with Crippen molar-refractivity contribution < 1.29 is 9.50 Å². The number of benzene rings is 2. The average Bonchev–Trinajstić information content (AvgIpc) is 3.26. The van der Waals surface area contributed by atoms with Gasteiger partial charge < -0.3 is 5.11 Å². The van der Waals surface area contributed by atoms with Crippen LogP contribution in [0.1, 0.15) is 41.6 Å². The van der Waals surface area contributed by atoms with Gasteiger partial charge in [-0.2, -0.15) is 0 Å². The fourth-order valence-corrected chi connectivity index (χ4v) is 2.37. The summed E-state index contributed by atoms with van der Waals surface area (Å²) in [6.07, 6.45) is 2.57. The minimum absolute atomic E-state index is 0.243. The lowest BCUT2D eigenvalue weighted by Gasteiger charge is -2.12. The van der Waals surface area contributed by atoms with Crippen molar-refractivity contribution in [2.75, 3.05) is 0 Å². The molecule has 1 unspecified atom stereocenters. The lowest BCUT2D eigenvalue weighted by Crippen LogP contribution is -2.02. The zero-order valence-electron chi connectivity index (χ0n) is 10.7. The maximum Gasteiger partial charge on any atom is 0.123 e. The van der Waals surface area contributed by atoms with E-state index < -0.39 is 6.10 Å². The van der Waals surface area contributed by atoms with Crippen LogP contribution in [-0.2, 0) is 6.42 Å². The van der Waals surface area contributed by atoms with Crippen molar-refractivity contribution in [1.29, 1.82) is 0 Å². The fourth-order valence-electron chi connectivity index (χ4n) is 2.37. The van der Waals surface area contributed by atoms with Crippen LogP contribution in [0.5, 0.6) is 0 Å². The van der Waals surface area contributed by atoms with Gasteiger partial charge in [0.25, 0.3) is 0 Å². The summed E-state index contributed by atoms with van der Waals surface area (Å²) in [5.74, 6) is 0.496. The van der Waals surface area contributed by atoms with E-state index in [-0.39, 0.29) is 5.82 Å². The van der Waals surface area contributed by atoms with Crippen molar-refractivity contribution in [3.05, 3.63) is 71.0 Å². The summed E-state index contributed by atoms with van der Waals surface area (Å²) in [5.41, 5.74) is 3.24. The van der Waals surface area contributed by atoms with Gasteiger partial charge in [-0.25, -0.2) is 4.39 Å². The molecule has 1 saturated carbocycles. The van der Waals surface area contributed by atoms with Crippen molar-refractivity contribution in [3.63, 3.8) is 0 Å². The minimum atomic E-state index is -0.529. The zero-order chi connectivity index (χ0) is 13.2. The molecule has 0 heterocycles. The van der Waals surface area contributed by atoms with Gasteiger partial charge in [-0.15, -0.1) is 0 Å². The predicted molar refractivity (Wildman–Crippen MR) is 73.5 cm³/mol. The highest BCUT2D eigenvalue weighted by atomic mass is 19.1. The molecule has 2 aromatic rings. The van der Waals surface area contributed by atoms with E-state index in [2.05, 4.69) is 12.1 Å². The smallest absolute Gasteiger partial charge is 0.123 e. The molecule has 1 aliphatic carbocycles. The first kappa shape index (κ1) is 12.4. The van der Waals surface area contributed by atoms with Gasteiger partial charge >= 0.3 is 0 Å². The monoisotopic (exact) mass is 256 g/mol. The Hall–Kier alpha value is -1.67. The van der Waals surface area contributed by atoms with Crippen LogP contribution in [0.25, 0.3) is 0 Å². The molecule has 0 aromatic heterocycles. The zero-order valence-corrected chi connectivity index (χ0v) is 10.7. The van der Waals surface area contributed by atoms with Gasteiger partial charge in [-0.1, -0.05) is 36.4 Å². The second-order valence-corrected chi connectivity index (χ2v) is 5.29.